The number of hydrogen-bond donors (Lipinski definition) is 1. The lowest BCUT2D eigenvalue weighted by Gasteiger charge is -2.30. The highest BCUT2D eigenvalue weighted by molar-refractivity contribution is 5.82. The number of benzene rings is 2. The molecule has 0 radical (unpaired) electrons. The number of rotatable bonds is 8. The predicted molar refractivity (Wildman–Crippen MR) is 134 cm³/mol. The molecule has 0 aliphatic carbocycles. The lowest BCUT2D eigenvalue weighted by Crippen LogP contribution is -2.32. The van der Waals surface area contributed by atoms with Crippen LogP contribution in [0.2, 0.25) is 0 Å². The van der Waals surface area contributed by atoms with Crippen molar-refractivity contribution in [3.05, 3.63) is 75.1 Å². The van der Waals surface area contributed by atoms with Crippen molar-refractivity contribution in [3.8, 4) is 5.75 Å². The molecular weight excluding hydrogens is 428 g/mol. The normalized spacial score (nSPS) is 14.9. The van der Waals surface area contributed by atoms with Crippen LogP contribution in [0.25, 0.3) is 11.0 Å². The molecule has 0 saturated carbocycles. The average Bonchev–Trinajstić information content (AvgIpc) is 2.84. The van der Waals surface area contributed by atoms with Gasteiger partial charge in [-0.2, -0.15) is 0 Å². The fraction of sp³-hybridized carbons (Fsp3) is 0.429. The fourth-order valence-electron chi connectivity index (χ4n) is 4.63. The Balaban J connectivity index is 1.32. The van der Waals surface area contributed by atoms with Crippen molar-refractivity contribution in [2.45, 2.75) is 52.6 Å². The summed E-state index contributed by atoms with van der Waals surface area (Å²) in [5, 5.41) is 3.85. The first kappa shape index (κ1) is 24.0. The van der Waals surface area contributed by atoms with Crippen LogP contribution in [0.15, 0.2) is 51.7 Å². The number of methoxy groups -OCH3 is 1. The van der Waals surface area contributed by atoms with Gasteiger partial charge >= 0.3 is 5.63 Å². The third-order valence-electron chi connectivity index (χ3n) is 6.86. The molecule has 1 aromatic heterocycles. The molecule has 4 rings (SSSR count). The molecular formula is C28H34N2O4. The summed E-state index contributed by atoms with van der Waals surface area (Å²) in [6, 6.07) is 13.9. The fourth-order valence-corrected chi connectivity index (χ4v) is 4.63. The number of fused-ring (bicyclic) bond motifs is 1. The summed E-state index contributed by atoms with van der Waals surface area (Å²) >= 11 is 0. The number of ether oxygens (including phenoxy) is 1. The van der Waals surface area contributed by atoms with Gasteiger partial charge in [0.1, 0.15) is 11.3 Å². The van der Waals surface area contributed by atoms with Gasteiger partial charge in [0.05, 0.1) is 7.11 Å². The summed E-state index contributed by atoms with van der Waals surface area (Å²) in [4.78, 5) is 27.5. The summed E-state index contributed by atoms with van der Waals surface area (Å²) < 4.78 is 10.7. The molecule has 2 aromatic carbocycles. The highest BCUT2D eigenvalue weighted by atomic mass is 16.5. The maximum absolute atomic E-state index is 12.5. The van der Waals surface area contributed by atoms with E-state index in [2.05, 4.69) is 35.3 Å². The topological polar surface area (TPSA) is 71.8 Å². The Labute approximate surface area is 200 Å². The molecule has 0 unspecified atom stereocenters. The highest BCUT2D eigenvalue weighted by Crippen LogP contribution is 2.24. The van der Waals surface area contributed by atoms with Crippen LogP contribution in [0.1, 0.15) is 48.4 Å². The van der Waals surface area contributed by atoms with Gasteiger partial charge in [-0.05, 0) is 74.0 Å². The van der Waals surface area contributed by atoms with Gasteiger partial charge in [0.15, 0.2) is 0 Å². The molecule has 3 aromatic rings. The second-order valence-electron chi connectivity index (χ2n) is 9.41. The third kappa shape index (κ3) is 5.86. The molecule has 0 atom stereocenters. The van der Waals surface area contributed by atoms with Crippen LogP contribution >= 0.6 is 0 Å². The van der Waals surface area contributed by atoms with Crippen molar-refractivity contribution in [2.24, 2.45) is 5.92 Å². The zero-order chi connectivity index (χ0) is 24.1. The molecule has 1 aliphatic rings. The second kappa shape index (κ2) is 10.9. The van der Waals surface area contributed by atoms with Gasteiger partial charge in [0.2, 0.25) is 5.91 Å². The summed E-state index contributed by atoms with van der Waals surface area (Å²) in [7, 11) is 1.57. The molecule has 0 spiro atoms. The van der Waals surface area contributed by atoms with E-state index in [1.165, 1.54) is 18.4 Å². The van der Waals surface area contributed by atoms with Gasteiger partial charge in [-0.25, -0.2) is 4.79 Å². The minimum Gasteiger partial charge on any atom is -0.497 e. The molecule has 6 nitrogen and oxygen atoms in total. The number of amides is 1. The summed E-state index contributed by atoms with van der Waals surface area (Å²) in [6.07, 6.45) is 3.10. The monoisotopic (exact) mass is 462 g/mol. The van der Waals surface area contributed by atoms with Crippen LogP contribution in [0.5, 0.6) is 5.75 Å². The van der Waals surface area contributed by atoms with Crippen molar-refractivity contribution >= 4 is 16.9 Å². The molecule has 34 heavy (non-hydrogen) atoms. The largest absolute Gasteiger partial charge is 0.497 e. The van der Waals surface area contributed by atoms with E-state index >= 15 is 0 Å². The van der Waals surface area contributed by atoms with Crippen LogP contribution < -0.4 is 15.7 Å². The minimum atomic E-state index is -0.397. The van der Waals surface area contributed by atoms with Gasteiger partial charge < -0.3 is 14.5 Å². The lowest BCUT2D eigenvalue weighted by atomic mass is 9.98. The van der Waals surface area contributed by atoms with E-state index in [4.69, 9.17) is 9.15 Å². The van der Waals surface area contributed by atoms with Crippen LogP contribution in [0.3, 0.4) is 0 Å². The molecule has 6 heteroatoms. The molecule has 1 aliphatic heterocycles. The first-order valence-electron chi connectivity index (χ1n) is 12.1. The summed E-state index contributed by atoms with van der Waals surface area (Å²) in [5.41, 5.74) is 3.86. The standard InChI is InChI=1S/C28H34N2O4/c1-19-11-13-30(14-12-19)18-22-6-4-5-21(15-22)17-29-27(31)10-9-25-20(2)24-8-7-23(33-3)16-26(24)34-28(25)32/h4-8,15-16,19H,9-14,17-18H2,1-3H3,(H,29,31). The van der Waals surface area contributed by atoms with E-state index in [9.17, 15) is 9.59 Å². The van der Waals surface area contributed by atoms with Gasteiger partial charge in [-0.1, -0.05) is 31.2 Å². The lowest BCUT2D eigenvalue weighted by molar-refractivity contribution is -0.121. The predicted octanol–water partition coefficient (Wildman–Crippen LogP) is 4.59. The summed E-state index contributed by atoms with van der Waals surface area (Å²) in [6.45, 7) is 7.96. The first-order chi connectivity index (χ1) is 16.4. The number of aryl methyl sites for hydroxylation is 1. The van der Waals surface area contributed by atoms with E-state index in [-0.39, 0.29) is 12.3 Å². The number of carbonyl (C=O) groups is 1. The molecule has 1 saturated heterocycles. The van der Waals surface area contributed by atoms with Crippen molar-refractivity contribution < 1.29 is 13.9 Å². The maximum atomic E-state index is 12.5. The minimum absolute atomic E-state index is 0.0796. The highest BCUT2D eigenvalue weighted by Gasteiger charge is 2.16. The zero-order valence-corrected chi connectivity index (χ0v) is 20.4. The number of nitrogens with one attached hydrogen (secondary N) is 1. The second-order valence-corrected chi connectivity index (χ2v) is 9.41. The van der Waals surface area contributed by atoms with Crippen molar-refractivity contribution in [1.29, 1.82) is 0 Å². The third-order valence-corrected chi connectivity index (χ3v) is 6.86. The van der Waals surface area contributed by atoms with Crippen LogP contribution in [0, 0.1) is 12.8 Å². The van der Waals surface area contributed by atoms with Crippen LogP contribution in [-0.2, 0) is 24.3 Å². The Morgan fingerprint density at radius 1 is 1.15 bits per heavy atom. The number of hydrogen-bond acceptors (Lipinski definition) is 5. The van der Waals surface area contributed by atoms with E-state index in [0.29, 0.717) is 29.9 Å². The number of carbonyl (C=O) groups excluding carboxylic acids is 1. The Bertz CT molecular complexity index is 1210. The van der Waals surface area contributed by atoms with E-state index in [0.717, 1.165) is 42.1 Å². The smallest absolute Gasteiger partial charge is 0.339 e. The molecule has 1 amide bonds. The van der Waals surface area contributed by atoms with Crippen molar-refractivity contribution in [2.75, 3.05) is 20.2 Å². The number of nitrogens with zero attached hydrogens (tertiary/aromatic N) is 1. The van der Waals surface area contributed by atoms with E-state index < -0.39 is 5.63 Å². The van der Waals surface area contributed by atoms with Crippen molar-refractivity contribution in [1.82, 2.24) is 10.2 Å². The Hall–Kier alpha value is -3.12. The van der Waals surface area contributed by atoms with Crippen LogP contribution in [0.4, 0.5) is 0 Å². The van der Waals surface area contributed by atoms with E-state index in [1.807, 2.05) is 25.1 Å². The maximum Gasteiger partial charge on any atom is 0.339 e. The average molecular weight is 463 g/mol. The molecule has 1 fully saturated rings. The van der Waals surface area contributed by atoms with Gasteiger partial charge in [-0.15, -0.1) is 0 Å². The Morgan fingerprint density at radius 2 is 1.91 bits per heavy atom. The first-order valence-corrected chi connectivity index (χ1v) is 12.1. The van der Waals surface area contributed by atoms with Gasteiger partial charge in [0, 0.05) is 36.5 Å². The molecule has 1 N–H and O–H groups in total. The number of piperidine rings is 1. The Morgan fingerprint density at radius 3 is 2.68 bits per heavy atom. The SMILES string of the molecule is COc1ccc2c(C)c(CCC(=O)NCc3cccc(CN4CCC(C)CC4)c3)c(=O)oc2c1. The van der Waals surface area contributed by atoms with Gasteiger partial charge in [-0.3, -0.25) is 9.69 Å². The quantitative estimate of drug-likeness (QED) is 0.496. The molecule has 180 valence electrons. The summed E-state index contributed by atoms with van der Waals surface area (Å²) in [5.74, 6) is 1.38. The Kier molecular flexibility index (Phi) is 7.68. The van der Waals surface area contributed by atoms with Crippen molar-refractivity contribution in [3.63, 3.8) is 0 Å². The van der Waals surface area contributed by atoms with Gasteiger partial charge in [0.25, 0.3) is 0 Å². The molecule has 2 heterocycles. The van der Waals surface area contributed by atoms with E-state index in [1.54, 1.807) is 13.2 Å². The van der Waals surface area contributed by atoms with Crippen LogP contribution in [-0.4, -0.2) is 31.0 Å². The zero-order valence-electron chi connectivity index (χ0n) is 20.4. The number of likely N-dealkylation sites (tertiary alicyclic amines) is 1. The molecule has 0 bridgehead atoms.